The minimum Gasteiger partial charge on any atom is -0.439 e. The first-order chi connectivity index (χ1) is 17.4. The minimum absolute atomic E-state index is 0.0378. The number of aliphatic hydroxyl groups excluding tert-OH is 1. The molecule has 1 aromatic heterocycles. The van der Waals surface area contributed by atoms with Crippen LogP contribution in [0.5, 0.6) is 0 Å². The number of amides is 1. The molecule has 3 heterocycles. The van der Waals surface area contributed by atoms with Gasteiger partial charge in [0.1, 0.15) is 6.10 Å². The molecule has 0 spiro atoms. The van der Waals surface area contributed by atoms with Gasteiger partial charge in [-0.05, 0) is 24.8 Å². The first kappa shape index (κ1) is 22.9. The van der Waals surface area contributed by atoms with E-state index in [2.05, 4.69) is 10.4 Å². The van der Waals surface area contributed by atoms with Crippen molar-refractivity contribution in [3.05, 3.63) is 77.4 Å². The molecular weight excluding hydrogens is 475 g/mol. The summed E-state index contributed by atoms with van der Waals surface area (Å²) in [6.45, 7) is 0.557. The van der Waals surface area contributed by atoms with Crippen molar-refractivity contribution in [2.45, 2.75) is 50.3 Å². The Kier molecular flexibility index (Phi) is 5.60. The molecule has 0 radical (unpaired) electrons. The van der Waals surface area contributed by atoms with Crippen LogP contribution in [-0.4, -0.2) is 44.8 Å². The Hall–Kier alpha value is -3.57. The van der Waals surface area contributed by atoms with Crippen LogP contribution in [0.1, 0.15) is 42.7 Å². The van der Waals surface area contributed by atoms with Crippen molar-refractivity contribution in [3.8, 4) is 0 Å². The molecule has 11 heteroatoms. The van der Waals surface area contributed by atoms with E-state index in [1.54, 1.807) is 16.0 Å². The number of nitrogens with one attached hydrogen (secondary N) is 1. The van der Waals surface area contributed by atoms with Crippen LogP contribution in [0.15, 0.2) is 48.7 Å². The number of ether oxygens (including phenoxy) is 1. The molecule has 2 N–H and O–H groups in total. The van der Waals surface area contributed by atoms with Crippen molar-refractivity contribution in [2.75, 3.05) is 16.8 Å². The minimum atomic E-state index is -1.57. The van der Waals surface area contributed by atoms with E-state index in [9.17, 15) is 23.1 Å². The third-order valence-corrected chi connectivity index (χ3v) is 7.26. The van der Waals surface area contributed by atoms with Crippen LogP contribution in [0.2, 0.25) is 0 Å². The quantitative estimate of drug-likeness (QED) is 0.403. The molecule has 2 unspecified atom stereocenters. The van der Waals surface area contributed by atoms with Gasteiger partial charge in [-0.1, -0.05) is 30.3 Å². The van der Waals surface area contributed by atoms with E-state index in [1.165, 1.54) is 0 Å². The number of halogens is 3. The highest BCUT2D eigenvalue weighted by Crippen LogP contribution is 2.43. The van der Waals surface area contributed by atoms with Gasteiger partial charge in [0.05, 0.1) is 30.2 Å². The number of carbonyl (C=O) groups is 1. The molecule has 0 bridgehead atoms. The lowest BCUT2D eigenvalue weighted by atomic mass is 10.1. The summed E-state index contributed by atoms with van der Waals surface area (Å²) in [4.78, 5) is 16.1. The molecule has 2 aliphatic heterocycles. The fourth-order valence-electron chi connectivity index (χ4n) is 5.57. The number of cyclic esters (lactones) is 1. The average Bonchev–Trinajstić information content (AvgIpc) is 3.60. The Balaban J connectivity index is 1.27. The number of anilines is 2. The lowest BCUT2D eigenvalue weighted by Gasteiger charge is -2.41. The van der Waals surface area contributed by atoms with Crippen molar-refractivity contribution in [1.82, 2.24) is 14.7 Å². The Morgan fingerprint density at radius 1 is 1.08 bits per heavy atom. The van der Waals surface area contributed by atoms with Crippen molar-refractivity contribution in [1.29, 1.82) is 0 Å². The topological polar surface area (TPSA) is 82.9 Å². The predicted octanol–water partition coefficient (Wildman–Crippen LogP) is 4.30. The average molecular weight is 499 g/mol. The SMILES string of the molecule is O=C1OC(c2ccccc2)CN1c1cnn2c1CN(C(O)Nc1cc(F)c(F)c(F)c1)[C@H]1CCC[C@H]12. The highest BCUT2D eigenvalue weighted by molar-refractivity contribution is 5.90. The van der Waals surface area contributed by atoms with Crippen LogP contribution in [0.3, 0.4) is 0 Å². The van der Waals surface area contributed by atoms with Crippen LogP contribution < -0.4 is 10.2 Å². The summed E-state index contributed by atoms with van der Waals surface area (Å²) in [6, 6.07) is 11.0. The number of aromatic nitrogens is 2. The van der Waals surface area contributed by atoms with Gasteiger partial charge in [0.25, 0.3) is 0 Å². The van der Waals surface area contributed by atoms with Gasteiger partial charge in [-0.25, -0.2) is 22.9 Å². The molecule has 3 aliphatic rings. The fourth-order valence-corrected chi connectivity index (χ4v) is 5.57. The second-order valence-electron chi connectivity index (χ2n) is 9.32. The van der Waals surface area contributed by atoms with Crippen LogP contribution in [0.4, 0.5) is 29.3 Å². The number of aliphatic hydroxyl groups is 1. The monoisotopic (exact) mass is 499 g/mol. The molecule has 1 saturated heterocycles. The summed E-state index contributed by atoms with van der Waals surface area (Å²) >= 11 is 0. The zero-order valence-corrected chi connectivity index (χ0v) is 19.2. The smallest absolute Gasteiger partial charge is 0.415 e. The summed E-state index contributed by atoms with van der Waals surface area (Å²) < 4.78 is 48.3. The van der Waals surface area contributed by atoms with E-state index in [1.807, 2.05) is 35.0 Å². The Morgan fingerprint density at radius 3 is 2.56 bits per heavy atom. The van der Waals surface area contributed by atoms with Gasteiger partial charge in [0.15, 0.2) is 23.8 Å². The van der Waals surface area contributed by atoms with E-state index < -0.39 is 36.0 Å². The number of fused-ring (bicyclic) bond motifs is 3. The maximum atomic E-state index is 13.7. The van der Waals surface area contributed by atoms with Crippen molar-refractivity contribution in [3.63, 3.8) is 0 Å². The van der Waals surface area contributed by atoms with Gasteiger partial charge in [-0.3, -0.25) is 9.58 Å². The third kappa shape index (κ3) is 3.79. The van der Waals surface area contributed by atoms with Gasteiger partial charge < -0.3 is 15.2 Å². The molecule has 6 rings (SSSR count). The van der Waals surface area contributed by atoms with Crippen LogP contribution in [-0.2, 0) is 11.3 Å². The van der Waals surface area contributed by atoms with E-state index >= 15 is 0 Å². The first-order valence-corrected chi connectivity index (χ1v) is 11.8. The second kappa shape index (κ2) is 8.82. The van der Waals surface area contributed by atoms with E-state index in [0.717, 1.165) is 42.7 Å². The number of rotatable bonds is 5. The Labute approximate surface area is 204 Å². The Morgan fingerprint density at radius 2 is 1.81 bits per heavy atom. The molecule has 4 atom stereocenters. The van der Waals surface area contributed by atoms with Crippen molar-refractivity contribution < 1.29 is 27.8 Å². The summed E-state index contributed by atoms with van der Waals surface area (Å²) in [7, 11) is 0. The summed E-state index contributed by atoms with van der Waals surface area (Å²) in [5.74, 6) is -4.25. The zero-order valence-electron chi connectivity index (χ0n) is 19.2. The van der Waals surface area contributed by atoms with Crippen LogP contribution >= 0.6 is 0 Å². The Bertz CT molecular complexity index is 1280. The number of benzene rings is 2. The molecule has 1 saturated carbocycles. The van der Waals surface area contributed by atoms with E-state index in [-0.39, 0.29) is 24.3 Å². The normalized spacial score (nSPS) is 24.4. The van der Waals surface area contributed by atoms with Gasteiger partial charge in [0, 0.05) is 30.4 Å². The van der Waals surface area contributed by atoms with Crippen LogP contribution in [0.25, 0.3) is 0 Å². The zero-order chi connectivity index (χ0) is 25.0. The third-order valence-electron chi connectivity index (χ3n) is 7.26. The molecule has 2 aromatic carbocycles. The molecule has 36 heavy (non-hydrogen) atoms. The lowest BCUT2D eigenvalue weighted by molar-refractivity contribution is -0.0361. The highest BCUT2D eigenvalue weighted by atomic mass is 19.2. The lowest BCUT2D eigenvalue weighted by Crippen LogP contribution is -2.52. The number of carbonyl (C=O) groups excluding carboxylic acids is 1. The molecule has 188 valence electrons. The maximum absolute atomic E-state index is 13.7. The molecule has 8 nitrogen and oxygen atoms in total. The molecule has 1 aliphatic carbocycles. The molecular formula is C25H24F3N5O3. The summed E-state index contributed by atoms with van der Waals surface area (Å²) in [5.41, 5.74) is 2.15. The van der Waals surface area contributed by atoms with E-state index in [0.29, 0.717) is 12.2 Å². The van der Waals surface area contributed by atoms with E-state index in [4.69, 9.17) is 4.74 Å². The standard InChI is InChI=1S/C25H24F3N5O3/c26-16-9-15(10-17(27)23(16)28)30-24(34)31-12-21-20(11-29-33(21)19-8-4-7-18(19)31)32-13-22(36-25(32)35)14-5-2-1-3-6-14/h1-3,5-6,9-11,18-19,22,24,30,34H,4,7-8,12-13H2/t18-,19+,22?,24?/m0/s1. The maximum Gasteiger partial charge on any atom is 0.415 e. The van der Waals surface area contributed by atoms with Gasteiger partial charge in [0.2, 0.25) is 0 Å². The van der Waals surface area contributed by atoms with Crippen molar-refractivity contribution >= 4 is 17.5 Å². The van der Waals surface area contributed by atoms with Gasteiger partial charge in [-0.2, -0.15) is 5.10 Å². The number of nitrogens with zero attached hydrogens (tertiary/aromatic N) is 4. The van der Waals surface area contributed by atoms with Gasteiger partial charge >= 0.3 is 6.09 Å². The molecule has 1 amide bonds. The highest BCUT2D eigenvalue weighted by Gasteiger charge is 2.44. The molecule has 3 aromatic rings. The second-order valence-corrected chi connectivity index (χ2v) is 9.32. The van der Waals surface area contributed by atoms with Crippen LogP contribution in [0, 0.1) is 17.5 Å². The number of hydrogen-bond acceptors (Lipinski definition) is 6. The summed E-state index contributed by atoms with van der Waals surface area (Å²) in [5, 5.41) is 18.3. The van der Waals surface area contributed by atoms with Gasteiger partial charge in [-0.15, -0.1) is 0 Å². The largest absolute Gasteiger partial charge is 0.439 e. The van der Waals surface area contributed by atoms with Crippen molar-refractivity contribution in [2.24, 2.45) is 0 Å². The fraction of sp³-hybridized carbons (Fsp3) is 0.360. The first-order valence-electron chi connectivity index (χ1n) is 11.8. The summed E-state index contributed by atoms with van der Waals surface area (Å²) in [6.07, 6.45) is 1.99. The predicted molar refractivity (Wildman–Crippen MR) is 123 cm³/mol. The molecule has 2 fully saturated rings. The number of hydrogen-bond donors (Lipinski definition) is 2.